The number of carboxylic acid groups (broad SMARTS) is 1. The van der Waals surface area contributed by atoms with Gasteiger partial charge in [0, 0.05) is 42.5 Å². The summed E-state index contributed by atoms with van der Waals surface area (Å²) < 4.78 is 38.8. The molecule has 1 atom stereocenters. The number of aliphatic carboxylic acids is 1. The van der Waals surface area contributed by atoms with Crippen molar-refractivity contribution >= 4 is 46.5 Å². The van der Waals surface area contributed by atoms with Gasteiger partial charge in [-0.05, 0) is 49.9 Å². The molecular formula is C25H30F3N7O4S. The van der Waals surface area contributed by atoms with Crippen molar-refractivity contribution in [3.63, 3.8) is 0 Å². The van der Waals surface area contributed by atoms with Gasteiger partial charge in [0.2, 0.25) is 0 Å². The second-order valence-electron chi connectivity index (χ2n) is 9.07. The Bertz CT molecular complexity index is 1330. The molecule has 1 amide bonds. The number of nitrogens with one attached hydrogen (secondary N) is 3. The molecule has 3 aromatic rings. The van der Waals surface area contributed by atoms with Gasteiger partial charge in [-0.1, -0.05) is 0 Å². The van der Waals surface area contributed by atoms with Crippen molar-refractivity contribution in [2.75, 3.05) is 61.2 Å². The molecule has 2 aliphatic rings. The highest BCUT2D eigenvalue weighted by Crippen LogP contribution is 2.31. The summed E-state index contributed by atoms with van der Waals surface area (Å²) in [6, 6.07) is 8.38. The van der Waals surface area contributed by atoms with E-state index in [9.17, 15) is 18.0 Å². The van der Waals surface area contributed by atoms with Crippen molar-refractivity contribution in [1.29, 1.82) is 0 Å². The number of nitrogens with zero attached hydrogens (tertiary/aromatic N) is 4. The first kappa shape index (κ1) is 29.4. The number of amides is 1. The van der Waals surface area contributed by atoms with Crippen molar-refractivity contribution in [1.82, 2.24) is 19.9 Å². The van der Waals surface area contributed by atoms with Crippen molar-refractivity contribution in [3.05, 3.63) is 42.2 Å². The fourth-order valence-electron chi connectivity index (χ4n) is 4.28. The number of benzene rings is 1. The molecule has 0 spiro atoms. The molecule has 2 fully saturated rings. The lowest BCUT2D eigenvalue weighted by Gasteiger charge is -2.29. The van der Waals surface area contributed by atoms with Crippen LogP contribution in [0.4, 0.5) is 30.4 Å². The first-order valence-corrected chi connectivity index (χ1v) is 13.8. The Morgan fingerprint density at radius 3 is 2.62 bits per heavy atom. The summed E-state index contributed by atoms with van der Waals surface area (Å²) in [6.07, 6.45) is 2.59. The maximum absolute atomic E-state index is 13.2. The molecule has 5 rings (SSSR count). The summed E-state index contributed by atoms with van der Waals surface area (Å²) in [5.41, 5.74) is 2.92. The van der Waals surface area contributed by atoms with Crippen LogP contribution in [-0.2, 0) is 9.53 Å². The predicted molar refractivity (Wildman–Crippen MR) is 145 cm³/mol. The number of piperidine rings is 1. The maximum atomic E-state index is 13.2. The van der Waals surface area contributed by atoms with E-state index in [-0.39, 0.29) is 5.91 Å². The van der Waals surface area contributed by atoms with Crippen LogP contribution < -0.4 is 20.9 Å². The topological polar surface area (TPSA) is 133 Å². The molecule has 0 unspecified atom stereocenters. The third kappa shape index (κ3) is 7.55. The summed E-state index contributed by atoms with van der Waals surface area (Å²) in [6.45, 7) is 5.20. The van der Waals surface area contributed by atoms with E-state index in [0.717, 1.165) is 74.3 Å². The largest absolute Gasteiger partial charge is 0.490 e. The molecule has 11 nitrogen and oxygen atoms in total. The number of anilines is 3. The lowest BCUT2D eigenvalue weighted by Crippen LogP contribution is -2.38. The Labute approximate surface area is 232 Å². The Hall–Kier alpha value is -3.56. The highest BCUT2D eigenvalue weighted by molar-refractivity contribution is 7.98. The van der Waals surface area contributed by atoms with E-state index in [4.69, 9.17) is 14.6 Å². The predicted octanol–water partition coefficient (Wildman–Crippen LogP) is 3.34. The van der Waals surface area contributed by atoms with Gasteiger partial charge in [-0.15, -0.1) is 11.8 Å². The van der Waals surface area contributed by atoms with Gasteiger partial charge in [-0.25, -0.2) is 14.3 Å². The van der Waals surface area contributed by atoms with Crippen molar-refractivity contribution in [2.24, 2.45) is 0 Å². The van der Waals surface area contributed by atoms with E-state index in [2.05, 4.69) is 43.1 Å². The quantitative estimate of drug-likeness (QED) is 0.321. The zero-order valence-corrected chi connectivity index (χ0v) is 22.5. The Balaban J connectivity index is 0.000000470. The van der Waals surface area contributed by atoms with Crippen LogP contribution in [0, 0.1) is 0 Å². The number of thioether (sulfide) groups is 1. The van der Waals surface area contributed by atoms with E-state index in [1.807, 2.05) is 24.6 Å². The third-order valence-corrected chi connectivity index (χ3v) is 7.09. The third-order valence-electron chi connectivity index (χ3n) is 6.31. The van der Waals surface area contributed by atoms with Crippen LogP contribution >= 0.6 is 11.8 Å². The van der Waals surface area contributed by atoms with Crippen molar-refractivity contribution in [3.8, 4) is 0 Å². The van der Waals surface area contributed by atoms with E-state index < -0.39 is 12.1 Å². The smallest absolute Gasteiger partial charge is 0.475 e. The number of hydrogen-bond acceptors (Lipinski definition) is 9. The summed E-state index contributed by atoms with van der Waals surface area (Å²) in [5, 5.41) is 21.4. The van der Waals surface area contributed by atoms with Crippen molar-refractivity contribution in [2.45, 2.75) is 30.0 Å². The second kappa shape index (κ2) is 13.2. The average molecular weight is 582 g/mol. The van der Waals surface area contributed by atoms with E-state index >= 15 is 0 Å². The monoisotopic (exact) mass is 581 g/mol. The highest BCUT2D eigenvalue weighted by Gasteiger charge is 2.38. The average Bonchev–Trinajstić information content (AvgIpc) is 3.37. The maximum Gasteiger partial charge on any atom is 0.490 e. The highest BCUT2D eigenvalue weighted by atomic mass is 32.2. The molecule has 15 heteroatoms. The Morgan fingerprint density at radius 1 is 1.23 bits per heavy atom. The molecule has 2 aliphatic heterocycles. The molecule has 2 saturated heterocycles. The van der Waals surface area contributed by atoms with E-state index in [1.165, 1.54) is 0 Å². The minimum atomic E-state index is -5.08. The van der Waals surface area contributed by atoms with Gasteiger partial charge in [-0.3, -0.25) is 4.79 Å². The van der Waals surface area contributed by atoms with Gasteiger partial charge >= 0.3 is 12.1 Å². The number of ether oxygens (including phenoxy) is 1. The molecule has 0 aliphatic carbocycles. The van der Waals surface area contributed by atoms with Crippen LogP contribution in [0.2, 0.25) is 0 Å². The van der Waals surface area contributed by atoms with Crippen LogP contribution in [0.1, 0.15) is 23.2 Å². The molecule has 0 radical (unpaired) electrons. The molecule has 2 aromatic heterocycles. The number of alkyl halides is 3. The first-order valence-electron chi connectivity index (χ1n) is 12.6. The molecule has 4 N–H and O–H groups in total. The SMILES string of the molecule is CSc1cc(N2CCOCC2)ccc1NC(=O)c1cnn2ccc(N[C@@H]3CCCNC3)nc12.O=C(O)C(F)(F)F. The molecular weight excluding hydrogens is 551 g/mol. The summed E-state index contributed by atoms with van der Waals surface area (Å²) in [7, 11) is 0. The van der Waals surface area contributed by atoms with Crippen LogP contribution in [-0.4, -0.2) is 89.4 Å². The van der Waals surface area contributed by atoms with Gasteiger partial charge in [0.15, 0.2) is 5.65 Å². The van der Waals surface area contributed by atoms with Crippen LogP contribution in [0.25, 0.3) is 5.65 Å². The number of morpholine rings is 1. The van der Waals surface area contributed by atoms with E-state index in [0.29, 0.717) is 17.3 Å². The van der Waals surface area contributed by atoms with Gasteiger partial charge in [0.1, 0.15) is 11.4 Å². The Morgan fingerprint density at radius 2 is 1.98 bits per heavy atom. The number of carbonyl (C=O) groups is 2. The summed E-state index contributed by atoms with van der Waals surface area (Å²) in [5.74, 6) is -2.22. The number of rotatable bonds is 6. The molecule has 1 aromatic carbocycles. The van der Waals surface area contributed by atoms with Gasteiger partial charge in [-0.2, -0.15) is 18.3 Å². The van der Waals surface area contributed by atoms with Gasteiger partial charge in [0.05, 0.1) is 25.1 Å². The minimum Gasteiger partial charge on any atom is -0.475 e. The number of carbonyl (C=O) groups excluding carboxylic acids is 1. The number of fused-ring (bicyclic) bond motifs is 1. The lowest BCUT2D eigenvalue weighted by molar-refractivity contribution is -0.192. The van der Waals surface area contributed by atoms with Crippen LogP contribution in [0.15, 0.2) is 41.6 Å². The lowest BCUT2D eigenvalue weighted by atomic mass is 10.1. The molecule has 0 bridgehead atoms. The number of carboxylic acids is 1. The van der Waals surface area contributed by atoms with Crippen molar-refractivity contribution < 1.29 is 32.6 Å². The van der Waals surface area contributed by atoms with E-state index in [1.54, 1.807) is 22.5 Å². The number of hydrogen-bond donors (Lipinski definition) is 4. The standard InChI is InChI=1S/C23H29N7O2S.C2HF3O2/c1-33-20-13-17(29-9-11-32-12-10-29)4-5-19(20)27-23(31)18-15-25-30-8-6-21(28-22(18)30)26-16-3-2-7-24-14-16;3-2(4,5)1(6)7/h4-6,8,13,15-16,24H,2-3,7,9-12,14H2,1H3,(H,26,28)(H,27,31);(H,6,7)/t16-;/m1./s1. The van der Waals surface area contributed by atoms with Gasteiger partial charge < -0.3 is 30.7 Å². The zero-order chi connectivity index (χ0) is 28.7. The number of halogens is 3. The summed E-state index contributed by atoms with van der Waals surface area (Å²) >= 11 is 1.61. The second-order valence-corrected chi connectivity index (χ2v) is 9.92. The summed E-state index contributed by atoms with van der Waals surface area (Å²) in [4.78, 5) is 30.1. The van der Waals surface area contributed by atoms with Gasteiger partial charge in [0.25, 0.3) is 5.91 Å². The molecule has 216 valence electrons. The van der Waals surface area contributed by atoms with Crippen LogP contribution in [0.3, 0.4) is 0 Å². The molecule has 40 heavy (non-hydrogen) atoms. The first-order chi connectivity index (χ1) is 19.2. The normalized spacial score (nSPS) is 17.6. The minimum absolute atomic E-state index is 0.219. The fourth-order valence-corrected chi connectivity index (χ4v) is 4.86. The number of aromatic nitrogens is 3. The zero-order valence-electron chi connectivity index (χ0n) is 21.7. The fraction of sp³-hybridized carbons (Fsp3) is 0.440. The molecule has 0 saturated carbocycles. The van der Waals surface area contributed by atoms with Crippen LogP contribution in [0.5, 0.6) is 0 Å². The molecule has 4 heterocycles. The Kier molecular flexibility index (Phi) is 9.71.